The number of benzene rings is 2. The second-order valence-corrected chi connectivity index (χ2v) is 7.46. The molecule has 2 aromatic carbocycles. The molecule has 140 valence electrons. The Morgan fingerprint density at radius 2 is 2.00 bits per heavy atom. The number of hydrogen-bond acceptors (Lipinski definition) is 5. The fourth-order valence-electron chi connectivity index (χ4n) is 2.83. The van der Waals surface area contributed by atoms with Gasteiger partial charge in [0.1, 0.15) is 5.58 Å². The van der Waals surface area contributed by atoms with E-state index >= 15 is 0 Å². The first-order valence-electron chi connectivity index (χ1n) is 8.60. The van der Waals surface area contributed by atoms with Crippen molar-refractivity contribution in [2.75, 3.05) is 5.75 Å². The number of furan rings is 1. The molecule has 28 heavy (non-hydrogen) atoms. The van der Waals surface area contributed by atoms with E-state index in [-0.39, 0.29) is 11.5 Å². The van der Waals surface area contributed by atoms with E-state index in [1.54, 1.807) is 12.1 Å². The van der Waals surface area contributed by atoms with Gasteiger partial charge < -0.3 is 4.42 Å². The third kappa shape index (κ3) is 3.74. The second-order valence-electron chi connectivity index (χ2n) is 6.08. The normalized spacial score (nSPS) is 11.0. The Hall–Kier alpha value is -2.83. The summed E-state index contributed by atoms with van der Waals surface area (Å²) in [6.07, 6.45) is 1.76. The van der Waals surface area contributed by atoms with Crippen LogP contribution < -0.4 is 0 Å². The molecule has 0 aliphatic heterocycles. The number of hydrogen-bond donors (Lipinski definition) is 0. The fraction of sp³-hybridized carbons (Fsp3) is 0.0952. The molecule has 0 radical (unpaired) electrons. The molecule has 0 atom stereocenters. The average molecular weight is 410 g/mol. The molecule has 4 aromatic rings. The summed E-state index contributed by atoms with van der Waals surface area (Å²) >= 11 is 7.40. The summed E-state index contributed by atoms with van der Waals surface area (Å²) in [4.78, 5) is 12.4. The van der Waals surface area contributed by atoms with Gasteiger partial charge in [-0.25, -0.2) is 0 Å². The standard InChI is InChI=1S/C21H16ClN3O2S/c1-2-10-25-20(19-12-15-11-16(22)8-9-18(15)27-19)23-24-21(25)28-13-17(26)14-6-4-3-5-7-14/h2-9,11-12H,1,10,13H2. The highest BCUT2D eigenvalue weighted by Crippen LogP contribution is 2.30. The fourth-order valence-corrected chi connectivity index (χ4v) is 3.86. The first-order chi connectivity index (χ1) is 13.7. The average Bonchev–Trinajstić information content (AvgIpc) is 3.30. The van der Waals surface area contributed by atoms with Crippen molar-refractivity contribution >= 4 is 40.1 Å². The predicted octanol–water partition coefficient (Wildman–Crippen LogP) is 5.51. The van der Waals surface area contributed by atoms with Crippen molar-refractivity contribution in [1.82, 2.24) is 14.8 Å². The summed E-state index contributed by atoms with van der Waals surface area (Å²) in [5.41, 5.74) is 1.40. The minimum atomic E-state index is 0.0404. The predicted molar refractivity (Wildman–Crippen MR) is 112 cm³/mol. The van der Waals surface area contributed by atoms with Crippen molar-refractivity contribution in [3.63, 3.8) is 0 Å². The van der Waals surface area contributed by atoms with E-state index in [0.29, 0.717) is 33.9 Å². The van der Waals surface area contributed by atoms with Crippen LogP contribution >= 0.6 is 23.4 Å². The number of rotatable bonds is 7. The molecule has 2 heterocycles. The van der Waals surface area contributed by atoms with Crippen LogP contribution in [0.15, 0.2) is 76.8 Å². The van der Waals surface area contributed by atoms with Crippen molar-refractivity contribution in [1.29, 1.82) is 0 Å². The summed E-state index contributed by atoms with van der Waals surface area (Å²) in [5, 5.41) is 10.7. The van der Waals surface area contributed by atoms with E-state index in [4.69, 9.17) is 16.0 Å². The smallest absolute Gasteiger partial charge is 0.200 e. The van der Waals surface area contributed by atoms with Crippen LogP contribution in [0.1, 0.15) is 10.4 Å². The van der Waals surface area contributed by atoms with E-state index in [1.807, 2.05) is 53.1 Å². The maximum atomic E-state index is 12.4. The van der Waals surface area contributed by atoms with Crippen molar-refractivity contribution in [3.8, 4) is 11.6 Å². The van der Waals surface area contributed by atoms with Crippen LogP contribution in [0.3, 0.4) is 0 Å². The molecular weight excluding hydrogens is 394 g/mol. The lowest BCUT2D eigenvalue weighted by Crippen LogP contribution is -2.05. The van der Waals surface area contributed by atoms with Gasteiger partial charge in [0.25, 0.3) is 0 Å². The van der Waals surface area contributed by atoms with Crippen LogP contribution in [-0.2, 0) is 6.54 Å². The molecular formula is C21H16ClN3O2S. The van der Waals surface area contributed by atoms with E-state index in [0.717, 1.165) is 11.0 Å². The van der Waals surface area contributed by atoms with Gasteiger partial charge in [0.15, 0.2) is 16.7 Å². The van der Waals surface area contributed by atoms with Crippen molar-refractivity contribution in [3.05, 3.63) is 77.8 Å². The van der Waals surface area contributed by atoms with Gasteiger partial charge in [0.2, 0.25) is 5.82 Å². The molecule has 0 unspecified atom stereocenters. The quantitative estimate of drug-likeness (QED) is 0.229. The van der Waals surface area contributed by atoms with Gasteiger partial charge in [-0.15, -0.1) is 16.8 Å². The highest BCUT2D eigenvalue weighted by atomic mass is 35.5. The number of Topliss-reactive ketones (excluding diaryl/α,β-unsaturated/α-hetero) is 1. The first-order valence-corrected chi connectivity index (χ1v) is 9.96. The Morgan fingerprint density at radius 1 is 1.18 bits per heavy atom. The molecule has 0 bridgehead atoms. The molecule has 0 saturated carbocycles. The minimum absolute atomic E-state index is 0.0404. The van der Waals surface area contributed by atoms with Crippen LogP contribution in [0, 0.1) is 0 Å². The van der Waals surface area contributed by atoms with Crippen molar-refractivity contribution in [2.24, 2.45) is 0 Å². The second kappa shape index (κ2) is 8.04. The summed E-state index contributed by atoms with van der Waals surface area (Å²) in [6, 6.07) is 16.5. The van der Waals surface area contributed by atoms with E-state index in [9.17, 15) is 4.79 Å². The van der Waals surface area contributed by atoms with E-state index < -0.39 is 0 Å². The molecule has 4 rings (SSSR count). The largest absolute Gasteiger partial charge is 0.453 e. The van der Waals surface area contributed by atoms with Gasteiger partial charge in [0.05, 0.1) is 5.75 Å². The summed E-state index contributed by atoms with van der Waals surface area (Å²) in [7, 11) is 0. The number of fused-ring (bicyclic) bond motifs is 1. The monoisotopic (exact) mass is 409 g/mol. The van der Waals surface area contributed by atoms with Gasteiger partial charge in [-0.05, 0) is 24.3 Å². The number of carbonyl (C=O) groups is 1. The Bertz CT molecular complexity index is 1150. The van der Waals surface area contributed by atoms with Crippen LogP contribution in [0.2, 0.25) is 5.02 Å². The Kier molecular flexibility index (Phi) is 5.32. The van der Waals surface area contributed by atoms with Crippen LogP contribution in [0.25, 0.3) is 22.6 Å². The first kappa shape index (κ1) is 18.5. The zero-order chi connectivity index (χ0) is 19.5. The van der Waals surface area contributed by atoms with Crippen LogP contribution in [-0.4, -0.2) is 26.3 Å². The molecule has 0 fully saturated rings. The molecule has 0 amide bonds. The zero-order valence-corrected chi connectivity index (χ0v) is 16.4. The van der Waals surface area contributed by atoms with Crippen molar-refractivity contribution in [2.45, 2.75) is 11.7 Å². The molecule has 5 nitrogen and oxygen atoms in total. The topological polar surface area (TPSA) is 60.9 Å². The Balaban J connectivity index is 1.61. The SMILES string of the molecule is C=CCn1c(SCC(=O)c2ccccc2)nnc1-c1cc2cc(Cl)ccc2o1. The van der Waals surface area contributed by atoms with Gasteiger partial charge in [-0.2, -0.15) is 0 Å². The van der Waals surface area contributed by atoms with Crippen LogP contribution in [0.5, 0.6) is 0 Å². The lowest BCUT2D eigenvalue weighted by Gasteiger charge is -2.06. The molecule has 7 heteroatoms. The number of thioether (sulfide) groups is 1. The highest BCUT2D eigenvalue weighted by Gasteiger charge is 2.18. The van der Waals surface area contributed by atoms with E-state index in [1.165, 1.54) is 11.8 Å². The molecule has 0 spiro atoms. The molecule has 0 N–H and O–H groups in total. The van der Waals surface area contributed by atoms with Gasteiger partial charge in [0, 0.05) is 22.5 Å². The number of carbonyl (C=O) groups excluding carboxylic acids is 1. The Labute approximate surface area is 171 Å². The lowest BCUT2D eigenvalue weighted by molar-refractivity contribution is 0.102. The third-order valence-electron chi connectivity index (χ3n) is 4.16. The molecule has 0 aliphatic rings. The summed E-state index contributed by atoms with van der Waals surface area (Å²) in [6.45, 7) is 4.31. The van der Waals surface area contributed by atoms with Gasteiger partial charge in [-0.3, -0.25) is 9.36 Å². The Morgan fingerprint density at radius 3 is 2.79 bits per heavy atom. The molecule has 0 aliphatic carbocycles. The number of ketones is 1. The van der Waals surface area contributed by atoms with E-state index in [2.05, 4.69) is 16.8 Å². The number of aromatic nitrogens is 3. The highest BCUT2D eigenvalue weighted by molar-refractivity contribution is 7.99. The number of nitrogens with zero attached hydrogens (tertiary/aromatic N) is 3. The molecule has 2 aromatic heterocycles. The third-order valence-corrected chi connectivity index (χ3v) is 5.36. The van der Waals surface area contributed by atoms with Crippen molar-refractivity contribution < 1.29 is 9.21 Å². The molecule has 0 saturated heterocycles. The number of halogens is 1. The summed E-state index contributed by atoms with van der Waals surface area (Å²) in [5.74, 6) is 1.49. The van der Waals surface area contributed by atoms with Gasteiger partial charge in [-0.1, -0.05) is 59.8 Å². The zero-order valence-electron chi connectivity index (χ0n) is 14.8. The summed E-state index contributed by atoms with van der Waals surface area (Å²) < 4.78 is 7.80. The minimum Gasteiger partial charge on any atom is -0.453 e. The number of allylic oxidation sites excluding steroid dienone is 1. The lowest BCUT2D eigenvalue weighted by atomic mass is 10.2. The maximum absolute atomic E-state index is 12.4. The maximum Gasteiger partial charge on any atom is 0.200 e. The van der Waals surface area contributed by atoms with Crippen LogP contribution in [0.4, 0.5) is 0 Å². The van der Waals surface area contributed by atoms with Gasteiger partial charge >= 0.3 is 0 Å².